The smallest absolute Gasteiger partial charge is 0.243 e. The summed E-state index contributed by atoms with van der Waals surface area (Å²) in [6.45, 7) is 5.25. The number of piperazine rings is 1. The van der Waals surface area contributed by atoms with Gasteiger partial charge in [-0.3, -0.25) is 9.69 Å². The minimum Gasteiger partial charge on any atom is -0.341 e. The molecule has 1 aromatic carbocycles. The third kappa shape index (κ3) is 4.67. The highest BCUT2D eigenvalue weighted by Gasteiger charge is 2.33. The molecule has 3 rings (SSSR count). The highest BCUT2D eigenvalue weighted by molar-refractivity contribution is 7.89. The molecular weight excluding hydrogens is 369 g/mol. The summed E-state index contributed by atoms with van der Waals surface area (Å²) >= 11 is 0. The van der Waals surface area contributed by atoms with Crippen molar-refractivity contribution in [1.82, 2.24) is 14.1 Å². The molecule has 150 valence electrons. The Morgan fingerprint density at radius 1 is 0.926 bits per heavy atom. The van der Waals surface area contributed by atoms with Crippen LogP contribution in [0.15, 0.2) is 29.2 Å². The molecule has 2 fully saturated rings. The molecule has 0 spiro atoms. The van der Waals surface area contributed by atoms with Gasteiger partial charge in [-0.15, -0.1) is 0 Å². The van der Waals surface area contributed by atoms with Crippen molar-refractivity contribution in [3.63, 3.8) is 0 Å². The first-order valence-electron chi connectivity index (χ1n) is 9.68. The van der Waals surface area contributed by atoms with Gasteiger partial charge in [0.25, 0.3) is 0 Å². The van der Waals surface area contributed by atoms with Crippen LogP contribution in [0, 0.1) is 5.82 Å². The molecule has 1 amide bonds. The molecule has 0 radical (unpaired) electrons. The van der Waals surface area contributed by atoms with Crippen molar-refractivity contribution in [3.8, 4) is 0 Å². The lowest BCUT2D eigenvalue weighted by Gasteiger charge is -2.38. The number of hydrogen-bond acceptors (Lipinski definition) is 4. The van der Waals surface area contributed by atoms with Gasteiger partial charge >= 0.3 is 0 Å². The molecule has 8 heteroatoms. The molecule has 27 heavy (non-hydrogen) atoms. The first-order chi connectivity index (χ1) is 12.9. The third-order valence-corrected chi connectivity index (χ3v) is 7.46. The van der Waals surface area contributed by atoms with Crippen molar-refractivity contribution in [2.24, 2.45) is 0 Å². The van der Waals surface area contributed by atoms with Gasteiger partial charge in [0, 0.05) is 39.3 Å². The van der Waals surface area contributed by atoms with Crippen LogP contribution in [0.2, 0.25) is 0 Å². The van der Waals surface area contributed by atoms with Gasteiger partial charge in [0.2, 0.25) is 15.9 Å². The number of nitrogens with zero attached hydrogens (tertiary/aromatic N) is 3. The number of benzene rings is 1. The molecule has 6 nitrogen and oxygen atoms in total. The summed E-state index contributed by atoms with van der Waals surface area (Å²) in [5, 5.41) is 0. The minimum atomic E-state index is -3.63. The van der Waals surface area contributed by atoms with Crippen LogP contribution < -0.4 is 0 Å². The highest BCUT2D eigenvalue weighted by Crippen LogP contribution is 2.20. The summed E-state index contributed by atoms with van der Waals surface area (Å²) in [6, 6.07) is 4.67. The second-order valence-electron chi connectivity index (χ2n) is 7.31. The van der Waals surface area contributed by atoms with Crippen LogP contribution >= 0.6 is 0 Å². The summed E-state index contributed by atoms with van der Waals surface area (Å²) in [6.07, 6.45) is 4.47. The molecule has 0 aromatic heterocycles. The van der Waals surface area contributed by atoms with E-state index in [9.17, 15) is 17.6 Å². The number of hydrogen-bond donors (Lipinski definition) is 0. The van der Waals surface area contributed by atoms with E-state index < -0.39 is 15.8 Å². The van der Waals surface area contributed by atoms with Crippen molar-refractivity contribution in [2.75, 3.05) is 39.3 Å². The zero-order valence-electron chi connectivity index (χ0n) is 15.8. The predicted octanol–water partition coefficient (Wildman–Crippen LogP) is 1.92. The van der Waals surface area contributed by atoms with E-state index in [0.717, 1.165) is 38.1 Å². The van der Waals surface area contributed by atoms with Gasteiger partial charge in [-0.25, -0.2) is 12.8 Å². The lowest BCUT2D eigenvalue weighted by atomic mass is 10.2. The van der Waals surface area contributed by atoms with Crippen molar-refractivity contribution >= 4 is 15.9 Å². The Morgan fingerprint density at radius 2 is 1.48 bits per heavy atom. The van der Waals surface area contributed by atoms with Crippen molar-refractivity contribution in [2.45, 2.75) is 43.5 Å². The van der Waals surface area contributed by atoms with E-state index in [2.05, 4.69) is 4.90 Å². The predicted molar refractivity (Wildman–Crippen MR) is 101 cm³/mol. The number of sulfonamides is 1. The average molecular weight is 398 g/mol. The molecular formula is C19H28FN3O3S. The first-order valence-corrected chi connectivity index (χ1v) is 11.1. The monoisotopic (exact) mass is 397 g/mol. The van der Waals surface area contributed by atoms with Crippen molar-refractivity contribution in [1.29, 1.82) is 0 Å². The van der Waals surface area contributed by atoms with Crippen LogP contribution in [0.5, 0.6) is 0 Å². The largest absolute Gasteiger partial charge is 0.341 e. The molecule has 2 aliphatic rings. The zero-order chi connectivity index (χ0) is 19.4. The average Bonchev–Trinajstić information content (AvgIpc) is 2.97. The minimum absolute atomic E-state index is 0.103. The van der Waals surface area contributed by atoms with Gasteiger partial charge in [-0.2, -0.15) is 4.31 Å². The molecule has 2 heterocycles. The topological polar surface area (TPSA) is 60.9 Å². The molecule has 0 aliphatic carbocycles. The van der Waals surface area contributed by atoms with Crippen LogP contribution in [0.4, 0.5) is 4.39 Å². The summed E-state index contributed by atoms with van der Waals surface area (Å²) < 4.78 is 39.9. The van der Waals surface area contributed by atoms with E-state index in [1.165, 1.54) is 29.3 Å². The summed E-state index contributed by atoms with van der Waals surface area (Å²) in [7, 11) is -3.63. The van der Waals surface area contributed by atoms with Crippen LogP contribution in [0.25, 0.3) is 0 Å². The highest BCUT2D eigenvalue weighted by atomic mass is 32.2. The normalized spacial score (nSPS) is 21.6. The molecule has 0 saturated carbocycles. The summed E-state index contributed by atoms with van der Waals surface area (Å²) in [5.41, 5.74) is 0. The number of amides is 1. The van der Waals surface area contributed by atoms with E-state index in [0.29, 0.717) is 26.2 Å². The Balaban J connectivity index is 1.59. The zero-order valence-corrected chi connectivity index (χ0v) is 16.6. The fourth-order valence-corrected chi connectivity index (χ4v) is 5.22. The fourth-order valence-electron chi connectivity index (χ4n) is 3.80. The van der Waals surface area contributed by atoms with Crippen molar-refractivity contribution in [3.05, 3.63) is 30.1 Å². The molecule has 1 atom stereocenters. The van der Waals surface area contributed by atoms with Crippen LogP contribution in [-0.2, 0) is 14.8 Å². The summed E-state index contributed by atoms with van der Waals surface area (Å²) in [5.74, 6) is -0.314. The van der Waals surface area contributed by atoms with Crippen molar-refractivity contribution < 1.29 is 17.6 Å². The third-order valence-electron chi connectivity index (χ3n) is 5.55. The number of carbonyl (C=O) groups excluding carboxylic acids is 1. The standard InChI is InChI=1S/C19H28FN3O3S/c1-16(19(24)22-10-4-2-3-5-11-22)21-12-14-23(15-13-21)27(25,26)18-8-6-17(20)7-9-18/h6-9,16H,2-5,10-15H2,1H3/t16-/m1/s1. The lowest BCUT2D eigenvalue weighted by molar-refractivity contribution is -0.136. The number of likely N-dealkylation sites (tertiary alicyclic amines) is 1. The van der Waals surface area contributed by atoms with Gasteiger partial charge in [0.1, 0.15) is 5.82 Å². The Bertz CT molecular complexity index is 738. The van der Waals surface area contributed by atoms with E-state index >= 15 is 0 Å². The molecule has 1 aromatic rings. The van der Waals surface area contributed by atoms with Crippen LogP contribution in [0.1, 0.15) is 32.6 Å². The first kappa shape index (κ1) is 20.2. The molecule has 2 saturated heterocycles. The number of rotatable bonds is 4. The number of halogens is 1. The summed E-state index contributed by atoms with van der Waals surface area (Å²) in [4.78, 5) is 16.9. The van der Waals surface area contributed by atoms with E-state index in [-0.39, 0.29) is 16.8 Å². The van der Waals surface area contributed by atoms with E-state index in [4.69, 9.17) is 0 Å². The van der Waals surface area contributed by atoms with Gasteiger partial charge in [-0.1, -0.05) is 12.8 Å². The molecule has 0 bridgehead atoms. The Morgan fingerprint density at radius 3 is 2.04 bits per heavy atom. The van der Waals surface area contributed by atoms with E-state index in [1.54, 1.807) is 0 Å². The quantitative estimate of drug-likeness (QED) is 0.779. The van der Waals surface area contributed by atoms with Gasteiger partial charge in [0.05, 0.1) is 10.9 Å². The lowest BCUT2D eigenvalue weighted by Crippen LogP contribution is -2.55. The van der Waals surface area contributed by atoms with Gasteiger partial charge in [0.15, 0.2) is 0 Å². The van der Waals surface area contributed by atoms with E-state index in [1.807, 2.05) is 11.8 Å². The SMILES string of the molecule is C[C@H](C(=O)N1CCCCCC1)N1CCN(S(=O)(=O)c2ccc(F)cc2)CC1. The molecule has 2 aliphatic heterocycles. The van der Waals surface area contributed by atoms with Gasteiger partial charge < -0.3 is 4.90 Å². The van der Waals surface area contributed by atoms with Gasteiger partial charge in [-0.05, 0) is 44.0 Å². The van der Waals surface area contributed by atoms with Crippen LogP contribution in [0.3, 0.4) is 0 Å². The molecule has 0 N–H and O–H groups in total. The second kappa shape index (κ2) is 8.67. The maximum Gasteiger partial charge on any atom is 0.243 e. The number of carbonyl (C=O) groups is 1. The maximum atomic E-state index is 13.1. The molecule has 0 unspecified atom stereocenters. The second-order valence-corrected chi connectivity index (χ2v) is 9.25. The Hall–Kier alpha value is -1.51. The van der Waals surface area contributed by atoms with Crippen LogP contribution in [-0.4, -0.2) is 73.7 Å². The Labute approximate surface area is 161 Å². The maximum absolute atomic E-state index is 13.1. The fraction of sp³-hybridized carbons (Fsp3) is 0.632. The Kier molecular flexibility index (Phi) is 6.49.